The maximum atomic E-state index is 13.5. The van der Waals surface area contributed by atoms with Gasteiger partial charge in [-0.15, -0.1) is 0 Å². The summed E-state index contributed by atoms with van der Waals surface area (Å²) in [6.45, 7) is 3.55. The Hall–Kier alpha value is -1.98. The van der Waals surface area contributed by atoms with Crippen molar-refractivity contribution in [1.82, 2.24) is 4.90 Å². The molecule has 1 amide bonds. The van der Waals surface area contributed by atoms with Crippen molar-refractivity contribution < 1.29 is 23.5 Å². The molecule has 0 saturated heterocycles. The maximum absolute atomic E-state index is 13.5. The Labute approximate surface area is 116 Å². The molecule has 20 heavy (non-hydrogen) atoms. The highest BCUT2D eigenvalue weighted by Crippen LogP contribution is 2.12. The number of aliphatic carboxylic acids is 1. The molecule has 1 aromatic rings. The third-order valence-corrected chi connectivity index (χ3v) is 3.00. The highest BCUT2D eigenvalue weighted by Gasteiger charge is 2.20. The van der Waals surface area contributed by atoms with Crippen LogP contribution in [0.5, 0.6) is 0 Å². The van der Waals surface area contributed by atoms with Crippen LogP contribution < -0.4 is 0 Å². The van der Waals surface area contributed by atoms with E-state index in [1.807, 2.05) is 0 Å². The first-order valence-electron chi connectivity index (χ1n) is 6.29. The van der Waals surface area contributed by atoms with E-state index in [1.54, 1.807) is 6.92 Å². The maximum Gasteiger partial charge on any atom is 0.308 e. The van der Waals surface area contributed by atoms with Crippen LogP contribution in [0, 0.1) is 17.6 Å². The molecule has 1 N–H and O–H groups in total. The first-order valence-corrected chi connectivity index (χ1v) is 6.29. The van der Waals surface area contributed by atoms with Gasteiger partial charge in [0, 0.05) is 18.7 Å². The van der Waals surface area contributed by atoms with E-state index in [9.17, 15) is 18.4 Å². The van der Waals surface area contributed by atoms with Crippen LogP contribution in [0.1, 0.15) is 19.4 Å². The van der Waals surface area contributed by atoms with Crippen molar-refractivity contribution in [2.45, 2.75) is 20.3 Å². The number of likely N-dealkylation sites (N-methyl/N-ethyl adjacent to an activating group) is 1. The zero-order chi connectivity index (χ0) is 15.3. The SMILES string of the molecule is CCN(C[C@@H](C)C(=O)O)C(=O)Cc1cc(F)ccc1F. The second-order valence-electron chi connectivity index (χ2n) is 4.58. The fraction of sp³-hybridized carbons (Fsp3) is 0.429. The molecule has 0 radical (unpaired) electrons. The van der Waals surface area contributed by atoms with Crippen LogP contribution in [-0.4, -0.2) is 35.0 Å². The highest BCUT2D eigenvalue weighted by atomic mass is 19.1. The van der Waals surface area contributed by atoms with Crippen LogP contribution >= 0.6 is 0 Å². The summed E-state index contributed by atoms with van der Waals surface area (Å²) in [7, 11) is 0. The van der Waals surface area contributed by atoms with Gasteiger partial charge in [-0.3, -0.25) is 9.59 Å². The number of hydrogen-bond acceptors (Lipinski definition) is 2. The van der Waals surface area contributed by atoms with E-state index < -0.39 is 29.4 Å². The number of halogens is 2. The van der Waals surface area contributed by atoms with E-state index in [-0.39, 0.29) is 18.5 Å². The van der Waals surface area contributed by atoms with Gasteiger partial charge in [0.25, 0.3) is 0 Å². The monoisotopic (exact) mass is 285 g/mol. The number of hydrogen-bond donors (Lipinski definition) is 1. The van der Waals surface area contributed by atoms with E-state index in [0.29, 0.717) is 6.54 Å². The zero-order valence-electron chi connectivity index (χ0n) is 11.4. The van der Waals surface area contributed by atoms with Crippen molar-refractivity contribution >= 4 is 11.9 Å². The van der Waals surface area contributed by atoms with Gasteiger partial charge in [-0.2, -0.15) is 0 Å². The third-order valence-electron chi connectivity index (χ3n) is 3.00. The Morgan fingerprint density at radius 3 is 2.55 bits per heavy atom. The van der Waals surface area contributed by atoms with Gasteiger partial charge < -0.3 is 10.0 Å². The number of carboxylic acids is 1. The normalized spacial score (nSPS) is 12.0. The molecule has 4 nitrogen and oxygen atoms in total. The van der Waals surface area contributed by atoms with Crippen molar-refractivity contribution in [3.8, 4) is 0 Å². The average molecular weight is 285 g/mol. The molecule has 1 atom stereocenters. The van der Waals surface area contributed by atoms with Crippen molar-refractivity contribution in [3.63, 3.8) is 0 Å². The number of benzene rings is 1. The number of nitrogens with zero attached hydrogens (tertiary/aromatic N) is 1. The summed E-state index contributed by atoms with van der Waals surface area (Å²) in [6, 6.07) is 2.92. The quantitative estimate of drug-likeness (QED) is 0.870. The van der Waals surface area contributed by atoms with Crippen LogP contribution in [0.4, 0.5) is 8.78 Å². The van der Waals surface area contributed by atoms with Gasteiger partial charge >= 0.3 is 5.97 Å². The van der Waals surface area contributed by atoms with Crippen molar-refractivity contribution in [2.24, 2.45) is 5.92 Å². The van der Waals surface area contributed by atoms with E-state index in [4.69, 9.17) is 5.11 Å². The Balaban J connectivity index is 2.77. The Morgan fingerprint density at radius 1 is 1.35 bits per heavy atom. The molecule has 0 heterocycles. The standard InChI is InChI=1S/C14H17F2NO3/c1-3-17(8-9(2)14(19)20)13(18)7-10-6-11(15)4-5-12(10)16/h4-6,9H,3,7-8H2,1-2H3,(H,19,20)/t9-/m1/s1. The van der Waals surface area contributed by atoms with Crippen LogP contribution in [0.2, 0.25) is 0 Å². The van der Waals surface area contributed by atoms with Crippen LogP contribution in [0.3, 0.4) is 0 Å². The highest BCUT2D eigenvalue weighted by molar-refractivity contribution is 5.79. The molecule has 0 bridgehead atoms. The fourth-order valence-electron chi connectivity index (χ4n) is 1.77. The number of amides is 1. The minimum absolute atomic E-state index is 0.0311. The number of carboxylic acid groups (broad SMARTS) is 1. The van der Waals surface area contributed by atoms with Gasteiger partial charge in [-0.05, 0) is 25.1 Å². The second kappa shape index (κ2) is 6.98. The molecule has 0 aliphatic carbocycles. The molecule has 0 spiro atoms. The molecule has 0 saturated carbocycles. The summed E-state index contributed by atoms with van der Waals surface area (Å²) in [5, 5.41) is 8.83. The lowest BCUT2D eigenvalue weighted by Gasteiger charge is -2.23. The zero-order valence-corrected chi connectivity index (χ0v) is 11.4. The van der Waals surface area contributed by atoms with Crippen molar-refractivity contribution in [2.75, 3.05) is 13.1 Å². The average Bonchev–Trinajstić information content (AvgIpc) is 2.39. The Kier molecular flexibility index (Phi) is 5.61. The topological polar surface area (TPSA) is 57.6 Å². The van der Waals surface area contributed by atoms with E-state index >= 15 is 0 Å². The van der Waals surface area contributed by atoms with Crippen LogP contribution in [-0.2, 0) is 16.0 Å². The predicted octanol–water partition coefficient (Wildman–Crippen LogP) is 2.08. The van der Waals surface area contributed by atoms with Crippen molar-refractivity contribution in [1.29, 1.82) is 0 Å². The van der Waals surface area contributed by atoms with Gasteiger partial charge in [0.1, 0.15) is 11.6 Å². The lowest BCUT2D eigenvalue weighted by molar-refractivity contribution is -0.142. The van der Waals surface area contributed by atoms with Gasteiger partial charge in [0.05, 0.1) is 12.3 Å². The number of carbonyl (C=O) groups is 2. The summed E-state index contributed by atoms with van der Waals surface area (Å²) in [5.41, 5.74) is -0.0311. The van der Waals surface area contributed by atoms with Crippen LogP contribution in [0.25, 0.3) is 0 Å². The lowest BCUT2D eigenvalue weighted by atomic mass is 10.1. The minimum atomic E-state index is -1.01. The molecular weight excluding hydrogens is 268 g/mol. The van der Waals surface area contributed by atoms with Gasteiger partial charge in [-0.1, -0.05) is 6.92 Å². The Bertz CT molecular complexity index is 505. The largest absolute Gasteiger partial charge is 0.481 e. The first kappa shape index (κ1) is 16.1. The van der Waals surface area contributed by atoms with Gasteiger partial charge in [0.15, 0.2) is 0 Å². The van der Waals surface area contributed by atoms with Gasteiger partial charge in [-0.25, -0.2) is 8.78 Å². The molecule has 1 aromatic carbocycles. The molecule has 6 heteroatoms. The van der Waals surface area contributed by atoms with Crippen LogP contribution in [0.15, 0.2) is 18.2 Å². The molecule has 0 aliphatic rings. The minimum Gasteiger partial charge on any atom is -0.481 e. The third kappa shape index (κ3) is 4.29. The predicted molar refractivity (Wildman–Crippen MR) is 69.1 cm³/mol. The molecule has 1 rings (SSSR count). The summed E-state index contributed by atoms with van der Waals surface area (Å²) in [6.07, 6.45) is -0.288. The lowest BCUT2D eigenvalue weighted by Crippen LogP contribution is -2.37. The van der Waals surface area contributed by atoms with Crippen molar-refractivity contribution in [3.05, 3.63) is 35.4 Å². The smallest absolute Gasteiger partial charge is 0.308 e. The van der Waals surface area contributed by atoms with E-state index in [0.717, 1.165) is 18.2 Å². The molecule has 0 fully saturated rings. The van der Waals surface area contributed by atoms with E-state index in [1.165, 1.54) is 11.8 Å². The fourth-order valence-corrected chi connectivity index (χ4v) is 1.77. The number of carbonyl (C=O) groups excluding carboxylic acids is 1. The summed E-state index contributed by atoms with van der Waals surface area (Å²) in [4.78, 5) is 24.1. The Morgan fingerprint density at radius 2 is 2.00 bits per heavy atom. The molecule has 0 aliphatic heterocycles. The van der Waals surface area contributed by atoms with Gasteiger partial charge in [0.2, 0.25) is 5.91 Å². The first-order chi connectivity index (χ1) is 9.35. The summed E-state index contributed by atoms with van der Waals surface area (Å²) >= 11 is 0. The summed E-state index contributed by atoms with van der Waals surface area (Å²) in [5.74, 6) is -3.41. The van der Waals surface area contributed by atoms with E-state index in [2.05, 4.69) is 0 Å². The molecule has 0 aromatic heterocycles. The summed E-state index contributed by atoms with van der Waals surface area (Å²) < 4.78 is 26.5. The molecular formula is C14H17F2NO3. The molecule has 0 unspecified atom stereocenters. The number of rotatable bonds is 6. The molecule has 110 valence electrons. The second-order valence-corrected chi connectivity index (χ2v) is 4.58.